The van der Waals surface area contributed by atoms with Gasteiger partial charge in [-0.15, -0.1) is 0 Å². The van der Waals surface area contributed by atoms with Crippen LogP contribution in [0, 0.1) is 0 Å². The molecule has 3 heteroatoms. The lowest BCUT2D eigenvalue weighted by Gasteiger charge is -2.18. The lowest BCUT2D eigenvalue weighted by atomic mass is 9.99. The molecule has 106 valence electrons. The van der Waals surface area contributed by atoms with Crippen molar-refractivity contribution < 1.29 is 14.3 Å². The summed E-state index contributed by atoms with van der Waals surface area (Å²) in [6, 6.07) is 0. The van der Waals surface area contributed by atoms with Crippen LogP contribution in [0.5, 0.6) is 0 Å². The highest BCUT2D eigenvalue weighted by atomic mass is 16.6. The van der Waals surface area contributed by atoms with Gasteiger partial charge in [-0.1, -0.05) is 44.9 Å². The van der Waals surface area contributed by atoms with Crippen LogP contribution in [-0.4, -0.2) is 25.8 Å². The molecule has 18 heavy (non-hydrogen) atoms. The fourth-order valence-electron chi connectivity index (χ4n) is 2.58. The van der Waals surface area contributed by atoms with Crippen molar-refractivity contribution in [1.82, 2.24) is 0 Å². The summed E-state index contributed by atoms with van der Waals surface area (Å²) in [5.74, 6) is -0.213. The van der Waals surface area contributed by atoms with Crippen molar-refractivity contribution in [3.05, 3.63) is 0 Å². The van der Waals surface area contributed by atoms with Gasteiger partial charge >= 0.3 is 5.97 Å². The van der Waals surface area contributed by atoms with Gasteiger partial charge in [0, 0.05) is 7.11 Å². The number of rotatable bonds is 3. The van der Waals surface area contributed by atoms with Crippen LogP contribution in [0.3, 0.4) is 0 Å². The molecule has 0 aromatic rings. The zero-order valence-electron chi connectivity index (χ0n) is 11.8. The summed E-state index contributed by atoms with van der Waals surface area (Å²) in [6.45, 7) is 0.0799. The molecular formula is C15H28O3. The van der Waals surface area contributed by atoms with E-state index in [0.717, 1.165) is 12.8 Å². The molecule has 0 aromatic carbocycles. The van der Waals surface area contributed by atoms with E-state index in [-0.39, 0.29) is 18.7 Å². The van der Waals surface area contributed by atoms with Gasteiger partial charge in [-0.2, -0.15) is 0 Å². The van der Waals surface area contributed by atoms with Crippen molar-refractivity contribution in [3.63, 3.8) is 0 Å². The van der Waals surface area contributed by atoms with E-state index in [0.29, 0.717) is 0 Å². The van der Waals surface area contributed by atoms with Crippen molar-refractivity contribution in [2.45, 2.75) is 76.7 Å². The van der Waals surface area contributed by atoms with E-state index in [1.165, 1.54) is 64.9 Å². The molecule has 0 N–H and O–H groups in total. The van der Waals surface area contributed by atoms with Crippen molar-refractivity contribution >= 4 is 5.97 Å². The van der Waals surface area contributed by atoms with Crippen molar-refractivity contribution in [1.29, 1.82) is 0 Å². The van der Waals surface area contributed by atoms with E-state index < -0.39 is 0 Å². The normalized spacial score (nSPS) is 20.7. The molecule has 0 saturated heterocycles. The van der Waals surface area contributed by atoms with Crippen LogP contribution in [0.2, 0.25) is 0 Å². The number of carbonyl (C=O) groups is 1. The summed E-state index contributed by atoms with van der Waals surface area (Å²) < 4.78 is 10.3. The molecule has 3 nitrogen and oxygen atoms in total. The second kappa shape index (κ2) is 10.4. The molecule has 1 fully saturated rings. The fourth-order valence-corrected chi connectivity index (χ4v) is 2.58. The summed E-state index contributed by atoms with van der Waals surface area (Å²) in [5, 5.41) is 0. The van der Waals surface area contributed by atoms with E-state index in [1.54, 1.807) is 0 Å². The Kier molecular flexibility index (Phi) is 8.92. The molecule has 0 bridgehead atoms. The summed E-state index contributed by atoms with van der Waals surface area (Å²) in [5.41, 5.74) is 0. The molecule has 0 amide bonds. The average Bonchev–Trinajstić information content (AvgIpc) is 2.33. The Morgan fingerprint density at radius 1 is 0.889 bits per heavy atom. The topological polar surface area (TPSA) is 35.5 Å². The Bertz CT molecular complexity index is 204. The SMILES string of the molecule is COCC(=O)OC1CCCCCCCCCCC1. The molecule has 0 aliphatic heterocycles. The van der Waals surface area contributed by atoms with Gasteiger partial charge < -0.3 is 9.47 Å². The second-order valence-corrected chi connectivity index (χ2v) is 5.30. The quantitative estimate of drug-likeness (QED) is 0.719. The van der Waals surface area contributed by atoms with Crippen LogP contribution in [0.4, 0.5) is 0 Å². The van der Waals surface area contributed by atoms with E-state index in [9.17, 15) is 4.79 Å². The van der Waals surface area contributed by atoms with E-state index in [4.69, 9.17) is 9.47 Å². The Balaban J connectivity index is 2.29. The molecule has 0 aromatic heterocycles. The summed E-state index contributed by atoms with van der Waals surface area (Å²) >= 11 is 0. The lowest BCUT2D eigenvalue weighted by molar-refractivity contribution is -0.154. The number of esters is 1. The third-order valence-electron chi connectivity index (χ3n) is 3.61. The van der Waals surface area contributed by atoms with Gasteiger partial charge in [0.25, 0.3) is 0 Å². The molecule has 0 radical (unpaired) electrons. The zero-order chi connectivity index (χ0) is 13.1. The number of hydrogen-bond donors (Lipinski definition) is 0. The monoisotopic (exact) mass is 256 g/mol. The highest BCUT2D eigenvalue weighted by molar-refractivity contribution is 5.70. The molecule has 0 heterocycles. The van der Waals surface area contributed by atoms with Gasteiger partial charge in [-0.3, -0.25) is 0 Å². The molecular weight excluding hydrogens is 228 g/mol. The van der Waals surface area contributed by atoms with Crippen molar-refractivity contribution in [2.24, 2.45) is 0 Å². The smallest absolute Gasteiger partial charge is 0.332 e. The first-order valence-electron chi connectivity index (χ1n) is 7.51. The second-order valence-electron chi connectivity index (χ2n) is 5.30. The van der Waals surface area contributed by atoms with Crippen molar-refractivity contribution in [3.8, 4) is 0 Å². The van der Waals surface area contributed by atoms with Gasteiger partial charge in [0.05, 0.1) is 0 Å². The molecule has 1 rings (SSSR count). The van der Waals surface area contributed by atoms with Crippen LogP contribution in [0.15, 0.2) is 0 Å². The maximum Gasteiger partial charge on any atom is 0.332 e. The largest absolute Gasteiger partial charge is 0.461 e. The van der Waals surface area contributed by atoms with Crippen LogP contribution >= 0.6 is 0 Å². The third-order valence-corrected chi connectivity index (χ3v) is 3.61. The lowest BCUT2D eigenvalue weighted by Crippen LogP contribution is -2.21. The standard InChI is InChI=1S/C15H28O3/c1-17-13-15(16)18-14-11-9-7-5-3-2-4-6-8-10-12-14/h14H,2-13H2,1H3. The Labute approximate surface area is 111 Å². The highest BCUT2D eigenvalue weighted by Gasteiger charge is 2.14. The van der Waals surface area contributed by atoms with Crippen LogP contribution in [0.1, 0.15) is 70.6 Å². The summed E-state index contributed by atoms with van der Waals surface area (Å²) in [7, 11) is 1.53. The van der Waals surface area contributed by atoms with E-state index in [2.05, 4.69) is 0 Å². The van der Waals surface area contributed by atoms with Gasteiger partial charge in [0.15, 0.2) is 0 Å². The number of carbonyl (C=O) groups excluding carboxylic acids is 1. The highest BCUT2D eigenvalue weighted by Crippen LogP contribution is 2.18. The molecule has 0 spiro atoms. The van der Waals surface area contributed by atoms with Crippen LogP contribution < -0.4 is 0 Å². The Hall–Kier alpha value is -0.570. The molecule has 0 atom stereocenters. The van der Waals surface area contributed by atoms with Gasteiger partial charge in [-0.25, -0.2) is 4.79 Å². The number of methoxy groups -OCH3 is 1. The van der Waals surface area contributed by atoms with Gasteiger partial charge in [0.1, 0.15) is 12.7 Å². The van der Waals surface area contributed by atoms with E-state index >= 15 is 0 Å². The predicted octanol–water partition coefficient (Wildman–Crippen LogP) is 3.85. The predicted molar refractivity (Wildman–Crippen MR) is 72.5 cm³/mol. The first kappa shape index (κ1) is 15.5. The van der Waals surface area contributed by atoms with Crippen molar-refractivity contribution in [2.75, 3.05) is 13.7 Å². The van der Waals surface area contributed by atoms with Crippen LogP contribution in [0.25, 0.3) is 0 Å². The maximum atomic E-state index is 11.4. The molecule has 1 aliphatic rings. The number of hydrogen-bond acceptors (Lipinski definition) is 3. The fraction of sp³-hybridized carbons (Fsp3) is 0.933. The minimum absolute atomic E-state index is 0.0799. The number of ether oxygens (including phenoxy) is 2. The summed E-state index contributed by atoms with van der Waals surface area (Å²) in [6.07, 6.45) is 13.9. The first-order chi connectivity index (χ1) is 8.83. The first-order valence-corrected chi connectivity index (χ1v) is 7.51. The summed E-state index contributed by atoms with van der Waals surface area (Å²) in [4.78, 5) is 11.4. The average molecular weight is 256 g/mol. The Morgan fingerprint density at radius 2 is 1.33 bits per heavy atom. The van der Waals surface area contributed by atoms with Gasteiger partial charge in [-0.05, 0) is 25.7 Å². The molecule has 1 saturated carbocycles. The molecule has 1 aliphatic carbocycles. The third kappa shape index (κ3) is 7.70. The zero-order valence-corrected chi connectivity index (χ0v) is 11.8. The van der Waals surface area contributed by atoms with Crippen LogP contribution in [-0.2, 0) is 14.3 Å². The Morgan fingerprint density at radius 3 is 1.78 bits per heavy atom. The van der Waals surface area contributed by atoms with E-state index in [1.807, 2.05) is 0 Å². The minimum Gasteiger partial charge on any atom is -0.461 e. The van der Waals surface area contributed by atoms with Gasteiger partial charge in [0.2, 0.25) is 0 Å². The molecule has 0 unspecified atom stereocenters. The maximum absolute atomic E-state index is 11.4. The minimum atomic E-state index is -0.213.